The summed E-state index contributed by atoms with van der Waals surface area (Å²) in [4.78, 5) is 11.3. The van der Waals surface area contributed by atoms with Crippen molar-refractivity contribution in [3.05, 3.63) is 42.0 Å². The molecule has 0 heterocycles. The number of carbonyl (C=O) groups is 1. The number of benzene rings is 2. The lowest BCUT2D eigenvalue weighted by molar-refractivity contribution is 0.0699. The van der Waals surface area contributed by atoms with Crippen LogP contribution in [0.25, 0.3) is 10.8 Å². The average Bonchev–Trinajstić information content (AvgIpc) is 3.17. The molecule has 1 saturated carbocycles. The molecule has 3 heteroatoms. The van der Waals surface area contributed by atoms with E-state index in [9.17, 15) is 9.90 Å². The zero-order valence-corrected chi connectivity index (χ0v) is 11.6. The second-order valence-electron chi connectivity index (χ2n) is 5.55. The first-order chi connectivity index (χ1) is 9.70. The largest absolute Gasteiger partial charge is 0.478 e. The lowest BCUT2D eigenvalue weighted by Gasteiger charge is -2.11. The Labute approximate surface area is 118 Å². The molecule has 0 aliphatic heterocycles. The highest BCUT2D eigenvalue weighted by atomic mass is 16.4. The van der Waals surface area contributed by atoms with E-state index in [-0.39, 0.29) is 0 Å². The van der Waals surface area contributed by atoms with E-state index in [2.05, 4.69) is 12.2 Å². The zero-order chi connectivity index (χ0) is 14.1. The highest BCUT2D eigenvalue weighted by Gasteiger charge is 2.36. The van der Waals surface area contributed by atoms with E-state index in [1.165, 1.54) is 19.3 Å². The summed E-state index contributed by atoms with van der Waals surface area (Å²) in [5, 5.41) is 14.6. The molecule has 104 valence electrons. The van der Waals surface area contributed by atoms with E-state index in [1.807, 2.05) is 30.3 Å². The molecule has 0 radical (unpaired) electrons. The van der Waals surface area contributed by atoms with Gasteiger partial charge in [-0.3, -0.25) is 0 Å². The van der Waals surface area contributed by atoms with Crippen LogP contribution in [0.15, 0.2) is 36.4 Å². The Morgan fingerprint density at radius 2 is 2.00 bits per heavy atom. The van der Waals surface area contributed by atoms with Gasteiger partial charge in [-0.25, -0.2) is 4.79 Å². The van der Waals surface area contributed by atoms with Crippen LogP contribution in [0.5, 0.6) is 0 Å². The number of nitrogens with one attached hydrogen (secondary N) is 1. The van der Waals surface area contributed by atoms with Crippen molar-refractivity contribution in [3.63, 3.8) is 0 Å². The Hall–Kier alpha value is -2.03. The van der Waals surface area contributed by atoms with Gasteiger partial charge >= 0.3 is 5.97 Å². The topological polar surface area (TPSA) is 49.3 Å². The summed E-state index contributed by atoms with van der Waals surface area (Å²) in [6.07, 6.45) is 3.72. The van der Waals surface area contributed by atoms with Gasteiger partial charge in [0.05, 0.1) is 5.56 Å². The normalized spacial score (nSPS) is 20.9. The summed E-state index contributed by atoms with van der Waals surface area (Å²) >= 11 is 0. The molecule has 1 aliphatic carbocycles. The number of hydrogen-bond acceptors (Lipinski definition) is 2. The molecule has 0 spiro atoms. The fourth-order valence-electron chi connectivity index (χ4n) is 2.93. The Morgan fingerprint density at radius 3 is 2.70 bits per heavy atom. The van der Waals surface area contributed by atoms with Crippen LogP contribution >= 0.6 is 0 Å². The van der Waals surface area contributed by atoms with Gasteiger partial charge in [-0.1, -0.05) is 37.6 Å². The minimum atomic E-state index is -0.872. The number of rotatable bonds is 5. The van der Waals surface area contributed by atoms with Gasteiger partial charge in [0, 0.05) is 17.1 Å². The van der Waals surface area contributed by atoms with E-state index in [4.69, 9.17) is 0 Å². The van der Waals surface area contributed by atoms with E-state index in [1.54, 1.807) is 6.07 Å². The molecular formula is C17H19NO2. The second kappa shape index (κ2) is 5.16. The van der Waals surface area contributed by atoms with Crippen LogP contribution < -0.4 is 5.32 Å². The van der Waals surface area contributed by atoms with Crippen LogP contribution in [0.2, 0.25) is 0 Å². The van der Waals surface area contributed by atoms with Crippen LogP contribution in [0, 0.1) is 5.92 Å². The van der Waals surface area contributed by atoms with Gasteiger partial charge in [0.15, 0.2) is 0 Å². The monoisotopic (exact) mass is 269 g/mol. The van der Waals surface area contributed by atoms with Crippen molar-refractivity contribution < 1.29 is 9.90 Å². The first-order valence-electron chi connectivity index (χ1n) is 7.22. The number of anilines is 1. The molecule has 0 saturated heterocycles. The first-order valence-corrected chi connectivity index (χ1v) is 7.22. The molecule has 0 bridgehead atoms. The molecule has 2 unspecified atom stereocenters. The van der Waals surface area contributed by atoms with Gasteiger partial charge in [-0.2, -0.15) is 0 Å². The quantitative estimate of drug-likeness (QED) is 0.857. The second-order valence-corrected chi connectivity index (χ2v) is 5.55. The van der Waals surface area contributed by atoms with Crippen LogP contribution in [0.3, 0.4) is 0 Å². The highest BCUT2D eigenvalue weighted by Crippen LogP contribution is 2.39. The molecule has 1 aliphatic rings. The Kier molecular flexibility index (Phi) is 3.35. The lowest BCUT2D eigenvalue weighted by atomic mass is 10.0. The van der Waals surface area contributed by atoms with E-state index >= 15 is 0 Å². The van der Waals surface area contributed by atoms with Crippen LogP contribution in [0.4, 0.5) is 5.69 Å². The SMILES string of the molecule is CCCC1CC1Nc1ccc(C(=O)O)c2ccccc12. The van der Waals surface area contributed by atoms with E-state index in [0.29, 0.717) is 11.6 Å². The van der Waals surface area contributed by atoms with Crippen molar-refractivity contribution in [3.8, 4) is 0 Å². The molecule has 20 heavy (non-hydrogen) atoms. The van der Waals surface area contributed by atoms with Gasteiger partial charge in [-0.15, -0.1) is 0 Å². The highest BCUT2D eigenvalue weighted by molar-refractivity contribution is 6.07. The van der Waals surface area contributed by atoms with Crippen molar-refractivity contribution in [1.82, 2.24) is 0 Å². The number of fused-ring (bicyclic) bond motifs is 1. The molecule has 3 rings (SSSR count). The number of aromatic carboxylic acids is 1. The first kappa shape index (κ1) is 13.0. The molecule has 2 aromatic carbocycles. The third-order valence-electron chi connectivity index (χ3n) is 4.08. The predicted octanol–water partition coefficient (Wildman–Crippen LogP) is 4.14. The summed E-state index contributed by atoms with van der Waals surface area (Å²) in [5.41, 5.74) is 1.42. The number of hydrogen-bond donors (Lipinski definition) is 2. The summed E-state index contributed by atoms with van der Waals surface area (Å²) < 4.78 is 0. The van der Waals surface area contributed by atoms with Crippen molar-refractivity contribution >= 4 is 22.4 Å². The standard InChI is InChI=1S/C17H19NO2/c1-2-5-11-10-16(11)18-15-9-8-14(17(19)20)12-6-3-4-7-13(12)15/h3-4,6-9,11,16,18H,2,5,10H2,1H3,(H,19,20). The van der Waals surface area contributed by atoms with Gasteiger partial charge in [0.25, 0.3) is 0 Å². The van der Waals surface area contributed by atoms with Crippen LogP contribution in [0.1, 0.15) is 36.5 Å². The van der Waals surface area contributed by atoms with E-state index in [0.717, 1.165) is 22.4 Å². The summed E-state index contributed by atoms with van der Waals surface area (Å²) in [5.74, 6) is -0.0963. The smallest absolute Gasteiger partial charge is 0.336 e. The average molecular weight is 269 g/mol. The lowest BCUT2D eigenvalue weighted by Crippen LogP contribution is -2.06. The van der Waals surface area contributed by atoms with Gasteiger partial charge in [-0.05, 0) is 36.3 Å². The molecule has 1 fully saturated rings. The fourth-order valence-corrected chi connectivity index (χ4v) is 2.93. The summed E-state index contributed by atoms with van der Waals surface area (Å²) in [6.45, 7) is 2.21. The van der Waals surface area contributed by atoms with Crippen LogP contribution in [-0.2, 0) is 0 Å². The van der Waals surface area contributed by atoms with Crippen LogP contribution in [-0.4, -0.2) is 17.1 Å². The Bertz CT molecular complexity index is 650. The molecule has 0 aromatic heterocycles. The summed E-state index contributed by atoms with van der Waals surface area (Å²) in [7, 11) is 0. The third kappa shape index (κ3) is 2.36. The molecule has 2 aromatic rings. The fraction of sp³-hybridized carbons (Fsp3) is 0.353. The number of carboxylic acids is 1. The summed E-state index contributed by atoms with van der Waals surface area (Å²) in [6, 6.07) is 11.8. The van der Waals surface area contributed by atoms with E-state index < -0.39 is 5.97 Å². The van der Waals surface area contributed by atoms with Crippen molar-refractivity contribution in [2.75, 3.05) is 5.32 Å². The molecule has 2 N–H and O–H groups in total. The maximum absolute atomic E-state index is 11.3. The maximum Gasteiger partial charge on any atom is 0.336 e. The van der Waals surface area contributed by atoms with Crippen molar-refractivity contribution in [2.45, 2.75) is 32.2 Å². The van der Waals surface area contributed by atoms with Gasteiger partial charge in [0.1, 0.15) is 0 Å². The molecule has 0 amide bonds. The van der Waals surface area contributed by atoms with Crippen molar-refractivity contribution in [2.24, 2.45) is 5.92 Å². The minimum Gasteiger partial charge on any atom is -0.478 e. The maximum atomic E-state index is 11.3. The molecular weight excluding hydrogens is 250 g/mol. The molecule has 2 atom stereocenters. The van der Waals surface area contributed by atoms with Gasteiger partial charge in [0.2, 0.25) is 0 Å². The Morgan fingerprint density at radius 1 is 1.25 bits per heavy atom. The predicted molar refractivity (Wildman–Crippen MR) is 81.3 cm³/mol. The third-order valence-corrected chi connectivity index (χ3v) is 4.08. The Balaban J connectivity index is 1.93. The van der Waals surface area contributed by atoms with Crippen molar-refractivity contribution in [1.29, 1.82) is 0 Å². The van der Waals surface area contributed by atoms with Gasteiger partial charge < -0.3 is 10.4 Å². The molecule has 3 nitrogen and oxygen atoms in total. The number of carboxylic acid groups (broad SMARTS) is 1. The minimum absolute atomic E-state index is 0.368. The zero-order valence-electron chi connectivity index (χ0n) is 11.6.